The Labute approximate surface area is 106 Å². The lowest BCUT2D eigenvalue weighted by Gasteiger charge is -2.37. The average molecular weight is 252 g/mol. The Balaban J connectivity index is 2.20. The number of ether oxygens (including phenoxy) is 1. The topological polar surface area (TPSA) is 93.9 Å². The van der Waals surface area contributed by atoms with Crippen molar-refractivity contribution in [1.82, 2.24) is 15.2 Å². The summed E-state index contributed by atoms with van der Waals surface area (Å²) < 4.78 is 4.87. The number of carbonyl (C=O) groups excluding carboxylic acids is 1. The molecule has 1 aromatic heterocycles. The van der Waals surface area contributed by atoms with Gasteiger partial charge in [0.15, 0.2) is 0 Å². The Morgan fingerprint density at radius 1 is 1.61 bits per heavy atom. The van der Waals surface area contributed by atoms with E-state index in [2.05, 4.69) is 22.1 Å². The Kier molecular flexibility index (Phi) is 3.65. The van der Waals surface area contributed by atoms with E-state index in [0.717, 1.165) is 25.7 Å². The van der Waals surface area contributed by atoms with Gasteiger partial charge < -0.3 is 10.5 Å². The normalized spacial score (nSPS) is 28.1. The van der Waals surface area contributed by atoms with Crippen LogP contribution in [0.15, 0.2) is 0 Å². The fourth-order valence-electron chi connectivity index (χ4n) is 2.46. The summed E-state index contributed by atoms with van der Waals surface area (Å²) in [6, 6.07) is 0.0502. The van der Waals surface area contributed by atoms with Crippen LogP contribution in [0.25, 0.3) is 0 Å². The van der Waals surface area contributed by atoms with E-state index in [9.17, 15) is 4.79 Å². The highest BCUT2D eigenvalue weighted by molar-refractivity contribution is 5.84. The summed E-state index contributed by atoms with van der Waals surface area (Å²) >= 11 is 0. The molecule has 100 valence electrons. The zero-order valence-electron chi connectivity index (χ0n) is 10.9. The minimum Gasteiger partial charge on any atom is -0.460 e. The van der Waals surface area contributed by atoms with E-state index in [-0.39, 0.29) is 17.3 Å². The third kappa shape index (κ3) is 2.25. The second-order valence-corrected chi connectivity index (χ2v) is 5.00. The summed E-state index contributed by atoms with van der Waals surface area (Å²) in [6.45, 7) is 4.15. The Hall–Kier alpha value is -1.43. The lowest BCUT2D eigenvalue weighted by atomic mass is 9.71. The van der Waals surface area contributed by atoms with Crippen LogP contribution in [-0.4, -0.2) is 33.8 Å². The largest absolute Gasteiger partial charge is 0.460 e. The van der Waals surface area contributed by atoms with Crippen LogP contribution in [0.5, 0.6) is 0 Å². The van der Waals surface area contributed by atoms with Gasteiger partial charge in [-0.05, 0) is 19.8 Å². The first-order chi connectivity index (χ1) is 8.58. The first-order valence-electron chi connectivity index (χ1n) is 6.43. The highest BCUT2D eigenvalue weighted by atomic mass is 16.5. The molecule has 1 fully saturated rings. The molecule has 6 nitrogen and oxygen atoms in total. The first-order valence-corrected chi connectivity index (χ1v) is 6.43. The second-order valence-electron chi connectivity index (χ2n) is 5.00. The van der Waals surface area contributed by atoms with Crippen LogP contribution in [0.2, 0.25) is 0 Å². The van der Waals surface area contributed by atoms with Crippen LogP contribution >= 0.6 is 0 Å². The van der Waals surface area contributed by atoms with Gasteiger partial charge in [-0.2, -0.15) is 0 Å². The number of carbonyl (C=O) groups is 1. The van der Waals surface area contributed by atoms with Crippen LogP contribution in [0, 0.1) is 0 Å². The smallest absolute Gasteiger partial charge is 0.378 e. The van der Waals surface area contributed by atoms with Crippen LogP contribution in [0.1, 0.15) is 56.0 Å². The molecule has 18 heavy (non-hydrogen) atoms. The van der Waals surface area contributed by atoms with Crippen molar-refractivity contribution in [3.05, 3.63) is 11.6 Å². The number of esters is 1. The molecule has 0 aliphatic heterocycles. The molecule has 1 heterocycles. The van der Waals surface area contributed by atoms with Crippen molar-refractivity contribution in [1.29, 1.82) is 0 Å². The molecule has 1 aliphatic rings. The molecule has 1 saturated carbocycles. The molecule has 0 spiro atoms. The fourth-order valence-corrected chi connectivity index (χ4v) is 2.46. The quantitative estimate of drug-likeness (QED) is 0.787. The minimum absolute atomic E-state index is 0.0502. The van der Waals surface area contributed by atoms with Gasteiger partial charge in [-0.1, -0.05) is 19.8 Å². The van der Waals surface area contributed by atoms with Gasteiger partial charge in [-0.15, -0.1) is 5.10 Å². The molecule has 0 radical (unpaired) electrons. The van der Waals surface area contributed by atoms with E-state index in [1.54, 1.807) is 6.92 Å². The molecule has 2 atom stereocenters. The first kappa shape index (κ1) is 13.0. The van der Waals surface area contributed by atoms with E-state index < -0.39 is 5.97 Å². The van der Waals surface area contributed by atoms with E-state index in [1.807, 2.05) is 0 Å². The predicted molar refractivity (Wildman–Crippen MR) is 66.1 cm³/mol. The van der Waals surface area contributed by atoms with Crippen molar-refractivity contribution in [3.8, 4) is 0 Å². The molecular weight excluding hydrogens is 232 g/mol. The van der Waals surface area contributed by atoms with E-state index in [1.165, 1.54) is 0 Å². The summed E-state index contributed by atoms with van der Waals surface area (Å²) in [6.07, 6.45) is 4.22. The standard InChI is InChI=1S/C12H20N4O2/c1-3-18-10(17)9-14-11(16-15-9)12(2)7-5-4-6-8(12)13/h8H,3-7,13H2,1-2H3,(H,14,15,16). The number of rotatable bonds is 3. The molecule has 2 unspecified atom stereocenters. The van der Waals surface area contributed by atoms with Gasteiger partial charge in [0.25, 0.3) is 5.82 Å². The van der Waals surface area contributed by atoms with Crippen LogP contribution in [-0.2, 0) is 10.2 Å². The number of hydrogen-bond donors (Lipinski definition) is 2. The minimum atomic E-state index is -0.493. The van der Waals surface area contributed by atoms with Crippen molar-refractivity contribution in [2.45, 2.75) is 51.0 Å². The SMILES string of the molecule is CCOC(=O)c1n[nH]c(C2(C)CCCCC2N)n1. The third-order valence-electron chi connectivity index (χ3n) is 3.76. The Morgan fingerprint density at radius 3 is 3.06 bits per heavy atom. The summed E-state index contributed by atoms with van der Waals surface area (Å²) in [5.41, 5.74) is 5.96. The Bertz CT molecular complexity index is 431. The zero-order valence-corrected chi connectivity index (χ0v) is 10.9. The summed E-state index contributed by atoms with van der Waals surface area (Å²) in [7, 11) is 0. The second kappa shape index (κ2) is 5.06. The number of aromatic amines is 1. The maximum atomic E-state index is 11.5. The lowest BCUT2D eigenvalue weighted by molar-refractivity contribution is 0.0512. The molecule has 2 rings (SSSR count). The molecule has 1 aliphatic carbocycles. The number of nitrogens with one attached hydrogen (secondary N) is 1. The van der Waals surface area contributed by atoms with Gasteiger partial charge in [-0.25, -0.2) is 9.78 Å². The van der Waals surface area contributed by atoms with Gasteiger partial charge in [0.2, 0.25) is 0 Å². The van der Waals surface area contributed by atoms with Crippen LogP contribution in [0.3, 0.4) is 0 Å². The molecule has 6 heteroatoms. The Morgan fingerprint density at radius 2 is 2.39 bits per heavy atom. The summed E-state index contributed by atoms with van der Waals surface area (Å²) in [5.74, 6) is 0.289. The van der Waals surface area contributed by atoms with Gasteiger partial charge in [0, 0.05) is 11.5 Å². The summed E-state index contributed by atoms with van der Waals surface area (Å²) in [5, 5.41) is 6.77. The van der Waals surface area contributed by atoms with Crippen molar-refractivity contribution in [2.24, 2.45) is 5.73 Å². The average Bonchev–Trinajstić information content (AvgIpc) is 2.83. The molecule has 0 amide bonds. The predicted octanol–water partition coefficient (Wildman–Crippen LogP) is 1.14. The number of aromatic nitrogens is 3. The van der Waals surface area contributed by atoms with Crippen molar-refractivity contribution < 1.29 is 9.53 Å². The van der Waals surface area contributed by atoms with E-state index in [4.69, 9.17) is 10.5 Å². The van der Waals surface area contributed by atoms with E-state index in [0.29, 0.717) is 12.4 Å². The zero-order chi connectivity index (χ0) is 13.2. The molecule has 0 saturated heterocycles. The summed E-state index contributed by atoms with van der Waals surface area (Å²) in [4.78, 5) is 15.8. The number of nitrogens with two attached hydrogens (primary N) is 1. The van der Waals surface area contributed by atoms with Gasteiger partial charge in [-0.3, -0.25) is 5.10 Å². The maximum absolute atomic E-state index is 11.5. The van der Waals surface area contributed by atoms with Crippen molar-refractivity contribution in [3.63, 3.8) is 0 Å². The fraction of sp³-hybridized carbons (Fsp3) is 0.750. The van der Waals surface area contributed by atoms with Gasteiger partial charge in [0.1, 0.15) is 5.82 Å². The van der Waals surface area contributed by atoms with Crippen molar-refractivity contribution >= 4 is 5.97 Å². The maximum Gasteiger partial charge on any atom is 0.378 e. The number of H-pyrrole nitrogens is 1. The molecule has 0 bridgehead atoms. The third-order valence-corrected chi connectivity index (χ3v) is 3.76. The molecule has 3 N–H and O–H groups in total. The van der Waals surface area contributed by atoms with Gasteiger partial charge in [0.05, 0.1) is 6.61 Å². The van der Waals surface area contributed by atoms with E-state index >= 15 is 0 Å². The highest BCUT2D eigenvalue weighted by Gasteiger charge is 2.39. The number of hydrogen-bond acceptors (Lipinski definition) is 5. The van der Waals surface area contributed by atoms with Crippen LogP contribution < -0.4 is 5.73 Å². The monoisotopic (exact) mass is 252 g/mol. The van der Waals surface area contributed by atoms with Gasteiger partial charge >= 0.3 is 5.97 Å². The lowest BCUT2D eigenvalue weighted by Crippen LogP contribution is -2.46. The molecule has 0 aromatic carbocycles. The van der Waals surface area contributed by atoms with Crippen LogP contribution in [0.4, 0.5) is 0 Å². The highest BCUT2D eigenvalue weighted by Crippen LogP contribution is 2.36. The molecule has 1 aromatic rings. The van der Waals surface area contributed by atoms with Crippen molar-refractivity contribution in [2.75, 3.05) is 6.61 Å². The molecular formula is C12H20N4O2. The number of nitrogens with zero attached hydrogens (tertiary/aromatic N) is 2.